The third kappa shape index (κ3) is 3.30. The van der Waals surface area contributed by atoms with Crippen LogP contribution in [0.25, 0.3) is 0 Å². The van der Waals surface area contributed by atoms with Crippen molar-refractivity contribution in [3.63, 3.8) is 0 Å². The number of hydrogen-bond acceptors (Lipinski definition) is 2. The van der Waals surface area contributed by atoms with E-state index in [1.165, 1.54) is 19.6 Å². The second-order valence-electron chi connectivity index (χ2n) is 4.10. The van der Waals surface area contributed by atoms with Gasteiger partial charge in [-0.3, -0.25) is 0 Å². The minimum absolute atomic E-state index is 0.130. The Kier molecular flexibility index (Phi) is 4.59. The Labute approximate surface area is 120 Å². The van der Waals surface area contributed by atoms with Crippen molar-refractivity contribution in [2.75, 3.05) is 0 Å². The molecule has 0 aliphatic carbocycles. The van der Waals surface area contributed by atoms with Crippen molar-refractivity contribution in [3.05, 3.63) is 55.3 Å². The normalized spacial score (nSPS) is 12.6. The number of hydrogen-bond donors (Lipinski definition) is 1. The maximum absolute atomic E-state index is 6.29. The molecule has 0 bridgehead atoms. The van der Waals surface area contributed by atoms with E-state index in [4.69, 9.17) is 5.73 Å². The molecule has 1 heterocycles. The van der Waals surface area contributed by atoms with Crippen LogP contribution in [0.4, 0.5) is 0 Å². The lowest BCUT2D eigenvalue weighted by molar-refractivity contribution is 0.728. The molecule has 0 aliphatic rings. The summed E-state index contributed by atoms with van der Waals surface area (Å²) in [5, 5.41) is 2.14. The van der Waals surface area contributed by atoms with E-state index in [1.54, 1.807) is 11.3 Å². The molecule has 1 unspecified atom stereocenters. The average molecular weight is 357 g/mol. The number of nitrogens with two attached hydrogens (primary N) is 1. The van der Waals surface area contributed by atoms with Crippen LogP contribution in [0.5, 0.6) is 0 Å². The van der Waals surface area contributed by atoms with Gasteiger partial charge in [-0.2, -0.15) is 0 Å². The highest BCUT2D eigenvalue weighted by atomic mass is 127. The first-order valence-electron chi connectivity index (χ1n) is 5.77. The van der Waals surface area contributed by atoms with Gasteiger partial charge >= 0.3 is 0 Å². The van der Waals surface area contributed by atoms with Gasteiger partial charge in [0.15, 0.2) is 0 Å². The summed E-state index contributed by atoms with van der Waals surface area (Å²) in [5.74, 6) is 0. The molecule has 0 saturated carbocycles. The Morgan fingerprint density at radius 3 is 2.59 bits per heavy atom. The Morgan fingerprint density at radius 2 is 1.94 bits per heavy atom. The van der Waals surface area contributed by atoms with Gasteiger partial charge in [-0.25, -0.2) is 0 Å². The molecule has 0 radical (unpaired) electrons. The summed E-state index contributed by atoms with van der Waals surface area (Å²) in [5.41, 5.74) is 9.00. The lowest BCUT2D eigenvalue weighted by Gasteiger charge is -2.12. The highest BCUT2D eigenvalue weighted by Crippen LogP contribution is 2.26. The van der Waals surface area contributed by atoms with Crippen LogP contribution in [-0.2, 0) is 12.8 Å². The van der Waals surface area contributed by atoms with Gasteiger partial charge in [-0.15, -0.1) is 11.3 Å². The molecule has 17 heavy (non-hydrogen) atoms. The van der Waals surface area contributed by atoms with E-state index < -0.39 is 0 Å². The van der Waals surface area contributed by atoms with Gasteiger partial charge in [0.25, 0.3) is 0 Å². The Bertz CT molecular complexity index is 475. The molecule has 1 atom stereocenters. The second kappa shape index (κ2) is 5.98. The van der Waals surface area contributed by atoms with Crippen LogP contribution in [0.1, 0.15) is 29.0 Å². The lowest BCUT2D eigenvalue weighted by Crippen LogP contribution is -2.13. The smallest absolute Gasteiger partial charge is 0.0433 e. The summed E-state index contributed by atoms with van der Waals surface area (Å²) in [6, 6.07) is 10.9. The van der Waals surface area contributed by atoms with E-state index in [0.29, 0.717) is 0 Å². The largest absolute Gasteiger partial charge is 0.323 e. The summed E-state index contributed by atoms with van der Waals surface area (Å²) < 4.78 is 1.27. The van der Waals surface area contributed by atoms with Crippen LogP contribution < -0.4 is 5.73 Å². The van der Waals surface area contributed by atoms with Crippen molar-refractivity contribution in [3.8, 4) is 0 Å². The van der Waals surface area contributed by atoms with Crippen LogP contribution >= 0.6 is 33.9 Å². The zero-order valence-electron chi connectivity index (χ0n) is 9.82. The molecule has 1 aromatic heterocycles. The minimum atomic E-state index is 0.130. The van der Waals surface area contributed by atoms with Crippen LogP contribution in [-0.4, -0.2) is 0 Å². The SMILES string of the molecule is CCc1ccsc1C(N)Cc1ccc(I)cc1. The van der Waals surface area contributed by atoms with Crippen LogP contribution in [0.15, 0.2) is 35.7 Å². The third-order valence-electron chi connectivity index (χ3n) is 2.87. The zero-order chi connectivity index (χ0) is 12.3. The fraction of sp³-hybridized carbons (Fsp3) is 0.286. The van der Waals surface area contributed by atoms with Gasteiger partial charge in [0.2, 0.25) is 0 Å². The zero-order valence-corrected chi connectivity index (χ0v) is 12.8. The third-order valence-corrected chi connectivity index (χ3v) is 4.68. The Balaban J connectivity index is 2.11. The summed E-state index contributed by atoms with van der Waals surface area (Å²) >= 11 is 4.10. The summed E-state index contributed by atoms with van der Waals surface area (Å²) in [4.78, 5) is 1.34. The molecule has 1 aromatic carbocycles. The number of halogens is 1. The van der Waals surface area contributed by atoms with Gasteiger partial charge in [-0.1, -0.05) is 19.1 Å². The van der Waals surface area contributed by atoms with E-state index in [0.717, 1.165) is 12.8 Å². The highest BCUT2D eigenvalue weighted by Gasteiger charge is 2.12. The average Bonchev–Trinajstić information content (AvgIpc) is 2.80. The number of benzene rings is 1. The quantitative estimate of drug-likeness (QED) is 0.817. The molecule has 0 fully saturated rings. The topological polar surface area (TPSA) is 26.0 Å². The maximum atomic E-state index is 6.29. The molecule has 2 rings (SSSR count). The van der Waals surface area contributed by atoms with Crippen molar-refractivity contribution in [2.24, 2.45) is 5.73 Å². The van der Waals surface area contributed by atoms with Crippen molar-refractivity contribution >= 4 is 33.9 Å². The molecule has 0 spiro atoms. The number of aryl methyl sites for hydroxylation is 1. The monoisotopic (exact) mass is 357 g/mol. The molecular formula is C14H16INS. The van der Waals surface area contributed by atoms with Crippen LogP contribution in [0.2, 0.25) is 0 Å². The predicted molar refractivity (Wildman–Crippen MR) is 83.5 cm³/mol. The summed E-state index contributed by atoms with van der Waals surface area (Å²) in [6.45, 7) is 2.18. The van der Waals surface area contributed by atoms with Gasteiger partial charge in [0, 0.05) is 14.5 Å². The van der Waals surface area contributed by atoms with E-state index >= 15 is 0 Å². The highest BCUT2D eigenvalue weighted by molar-refractivity contribution is 14.1. The summed E-state index contributed by atoms with van der Waals surface area (Å²) in [7, 11) is 0. The van der Waals surface area contributed by atoms with Crippen LogP contribution in [0, 0.1) is 3.57 Å². The number of rotatable bonds is 4. The Morgan fingerprint density at radius 1 is 1.24 bits per heavy atom. The summed E-state index contributed by atoms with van der Waals surface area (Å²) in [6.07, 6.45) is 1.99. The number of thiophene rings is 1. The molecule has 90 valence electrons. The van der Waals surface area contributed by atoms with Crippen molar-refractivity contribution in [2.45, 2.75) is 25.8 Å². The molecule has 3 heteroatoms. The van der Waals surface area contributed by atoms with Crippen molar-refractivity contribution in [1.82, 2.24) is 0 Å². The molecule has 0 amide bonds. The van der Waals surface area contributed by atoms with E-state index in [9.17, 15) is 0 Å². The fourth-order valence-electron chi connectivity index (χ4n) is 1.93. The van der Waals surface area contributed by atoms with E-state index in [1.807, 2.05) is 0 Å². The molecule has 2 aromatic rings. The second-order valence-corrected chi connectivity index (χ2v) is 6.29. The van der Waals surface area contributed by atoms with Gasteiger partial charge in [0.1, 0.15) is 0 Å². The maximum Gasteiger partial charge on any atom is 0.0433 e. The standard InChI is InChI=1S/C14H16INS/c1-2-11-7-8-17-14(11)13(16)9-10-3-5-12(15)6-4-10/h3-8,13H,2,9,16H2,1H3. The molecule has 1 nitrogen and oxygen atoms in total. The van der Waals surface area contributed by atoms with Crippen LogP contribution in [0.3, 0.4) is 0 Å². The van der Waals surface area contributed by atoms with Crippen molar-refractivity contribution < 1.29 is 0 Å². The fourth-order valence-corrected chi connectivity index (χ4v) is 3.29. The molecular weight excluding hydrogens is 341 g/mol. The first-order valence-corrected chi connectivity index (χ1v) is 7.73. The first-order chi connectivity index (χ1) is 8.20. The lowest BCUT2D eigenvalue weighted by atomic mass is 10.0. The van der Waals surface area contributed by atoms with Gasteiger partial charge < -0.3 is 5.73 Å². The Hall–Kier alpha value is -0.390. The van der Waals surface area contributed by atoms with Gasteiger partial charge in [0.05, 0.1) is 0 Å². The predicted octanol–water partition coefficient (Wildman–Crippen LogP) is 4.16. The van der Waals surface area contributed by atoms with E-state index in [2.05, 4.69) is 65.2 Å². The molecule has 0 saturated heterocycles. The van der Waals surface area contributed by atoms with Gasteiger partial charge in [-0.05, 0) is 70.1 Å². The van der Waals surface area contributed by atoms with E-state index in [-0.39, 0.29) is 6.04 Å². The van der Waals surface area contributed by atoms with Crippen molar-refractivity contribution in [1.29, 1.82) is 0 Å². The molecule has 2 N–H and O–H groups in total. The molecule has 0 aliphatic heterocycles. The minimum Gasteiger partial charge on any atom is -0.323 e. The first kappa shape index (κ1) is 13.1.